The third-order valence-corrected chi connectivity index (χ3v) is 6.95. The van der Waals surface area contributed by atoms with E-state index in [0.29, 0.717) is 51.7 Å². The molecule has 1 atom stereocenters. The molecule has 1 N–H and O–H groups in total. The number of aryl methyl sites for hydroxylation is 1. The SMILES string of the molecule is Cc1ccc2nc(NCc3ccco3)c(C=C3SC(=S)N(CC4CCCO4)C3=O)c(=O)n2c1. The lowest BCUT2D eigenvalue weighted by atomic mass is 10.2. The molecule has 0 bridgehead atoms. The summed E-state index contributed by atoms with van der Waals surface area (Å²) in [4.78, 5) is 33.2. The van der Waals surface area contributed by atoms with Crippen LogP contribution in [-0.2, 0) is 16.1 Å². The molecular formula is C23H22N4O4S2. The fourth-order valence-electron chi connectivity index (χ4n) is 3.89. The first-order chi connectivity index (χ1) is 16.0. The molecule has 3 aromatic heterocycles. The number of pyridine rings is 1. The zero-order valence-corrected chi connectivity index (χ0v) is 19.6. The van der Waals surface area contributed by atoms with Gasteiger partial charge in [-0.3, -0.25) is 18.9 Å². The van der Waals surface area contributed by atoms with E-state index in [1.165, 1.54) is 16.2 Å². The van der Waals surface area contributed by atoms with Crippen LogP contribution in [0.5, 0.6) is 0 Å². The van der Waals surface area contributed by atoms with E-state index >= 15 is 0 Å². The molecule has 0 aliphatic carbocycles. The van der Waals surface area contributed by atoms with Gasteiger partial charge in [-0.25, -0.2) is 4.98 Å². The average molecular weight is 483 g/mol. The maximum absolute atomic E-state index is 13.4. The lowest BCUT2D eigenvalue weighted by molar-refractivity contribution is -0.123. The van der Waals surface area contributed by atoms with Gasteiger partial charge in [-0.15, -0.1) is 0 Å². The van der Waals surface area contributed by atoms with Crippen molar-refractivity contribution < 1.29 is 13.9 Å². The Morgan fingerprint density at radius 3 is 2.97 bits per heavy atom. The maximum atomic E-state index is 13.4. The number of rotatable bonds is 6. The number of amides is 1. The number of thiocarbonyl (C=S) groups is 1. The second-order valence-electron chi connectivity index (χ2n) is 7.97. The summed E-state index contributed by atoms with van der Waals surface area (Å²) in [5, 5.41) is 3.18. The number of ether oxygens (including phenoxy) is 1. The summed E-state index contributed by atoms with van der Waals surface area (Å²) in [6.07, 6.45) is 6.80. The number of hydrogen-bond acceptors (Lipinski definition) is 8. The van der Waals surface area contributed by atoms with Crippen molar-refractivity contribution in [1.29, 1.82) is 0 Å². The Morgan fingerprint density at radius 1 is 1.33 bits per heavy atom. The van der Waals surface area contributed by atoms with Crippen LogP contribution in [0.25, 0.3) is 11.7 Å². The molecule has 10 heteroatoms. The van der Waals surface area contributed by atoms with Crippen molar-refractivity contribution in [3.05, 3.63) is 68.9 Å². The van der Waals surface area contributed by atoms with Gasteiger partial charge < -0.3 is 14.5 Å². The molecule has 0 spiro atoms. The number of carbonyl (C=O) groups is 1. The number of hydrogen-bond donors (Lipinski definition) is 1. The highest BCUT2D eigenvalue weighted by Gasteiger charge is 2.35. The molecule has 2 aliphatic rings. The first-order valence-electron chi connectivity index (χ1n) is 10.7. The molecule has 0 saturated carbocycles. The third-order valence-electron chi connectivity index (χ3n) is 5.57. The van der Waals surface area contributed by atoms with Crippen LogP contribution in [0, 0.1) is 6.92 Å². The Morgan fingerprint density at radius 2 is 2.21 bits per heavy atom. The van der Waals surface area contributed by atoms with Crippen LogP contribution in [0.4, 0.5) is 5.82 Å². The summed E-state index contributed by atoms with van der Waals surface area (Å²) < 4.78 is 13.0. The van der Waals surface area contributed by atoms with E-state index in [9.17, 15) is 9.59 Å². The van der Waals surface area contributed by atoms with Gasteiger partial charge >= 0.3 is 0 Å². The van der Waals surface area contributed by atoms with Crippen molar-refractivity contribution in [1.82, 2.24) is 14.3 Å². The average Bonchev–Trinajstić information content (AvgIpc) is 3.55. The number of nitrogens with zero attached hydrogens (tertiary/aromatic N) is 3. The fourth-order valence-corrected chi connectivity index (χ4v) is 5.14. The molecule has 2 saturated heterocycles. The first kappa shape index (κ1) is 21.9. The van der Waals surface area contributed by atoms with E-state index < -0.39 is 0 Å². The molecule has 33 heavy (non-hydrogen) atoms. The van der Waals surface area contributed by atoms with Gasteiger partial charge in [0.05, 0.1) is 35.9 Å². The molecule has 0 aromatic carbocycles. The van der Waals surface area contributed by atoms with Gasteiger partial charge in [0.25, 0.3) is 11.5 Å². The van der Waals surface area contributed by atoms with Gasteiger partial charge in [0.15, 0.2) is 0 Å². The van der Waals surface area contributed by atoms with E-state index in [0.717, 1.165) is 18.4 Å². The van der Waals surface area contributed by atoms with Crippen LogP contribution >= 0.6 is 24.0 Å². The summed E-state index contributed by atoms with van der Waals surface area (Å²) in [5.74, 6) is 0.866. The highest BCUT2D eigenvalue weighted by Crippen LogP contribution is 2.34. The molecule has 170 valence electrons. The Labute approximate surface area is 199 Å². The molecular weight excluding hydrogens is 460 g/mol. The number of aromatic nitrogens is 2. The van der Waals surface area contributed by atoms with Gasteiger partial charge in [-0.05, 0) is 49.6 Å². The van der Waals surface area contributed by atoms with Crippen LogP contribution in [0.2, 0.25) is 0 Å². The minimum absolute atomic E-state index is 0.00620. The van der Waals surface area contributed by atoms with Crippen molar-refractivity contribution in [3.8, 4) is 0 Å². The minimum atomic E-state index is -0.268. The second kappa shape index (κ2) is 9.12. The van der Waals surface area contributed by atoms with Crippen LogP contribution in [0.1, 0.15) is 29.7 Å². The number of carbonyl (C=O) groups excluding carboxylic acids is 1. The zero-order valence-electron chi connectivity index (χ0n) is 17.9. The smallest absolute Gasteiger partial charge is 0.267 e. The van der Waals surface area contributed by atoms with Gasteiger partial charge in [0, 0.05) is 12.8 Å². The number of nitrogens with one attached hydrogen (secondary N) is 1. The summed E-state index contributed by atoms with van der Waals surface area (Å²) in [7, 11) is 0. The standard InChI is InChI=1S/C23H22N4O4S2/c1-14-6-7-19-25-20(24-11-15-4-2-8-30-15)17(21(28)26(19)12-14)10-18-22(29)27(23(32)33-18)13-16-5-3-9-31-16/h2,4,6-8,10,12,16,24H,3,5,9,11,13H2,1H3. The number of thioether (sulfide) groups is 1. The Bertz CT molecular complexity index is 1310. The monoisotopic (exact) mass is 482 g/mol. The van der Waals surface area contributed by atoms with Gasteiger partial charge in [0.1, 0.15) is 21.5 Å². The van der Waals surface area contributed by atoms with E-state index in [1.54, 1.807) is 35.6 Å². The lowest BCUT2D eigenvalue weighted by Gasteiger charge is -2.18. The highest BCUT2D eigenvalue weighted by molar-refractivity contribution is 8.26. The summed E-state index contributed by atoms with van der Waals surface area (Å²) >= 11 is 6.65. The van der Waals surface area contributed by atoms with Gasteiger partial charge in [-0.1, -0.05) is 30.0 Å². The molecule has 1 amide bonds. The minimum Gasteiger partial charge on any atom is -0.467 e. The van der Waals surface area contributed by atoms with Gasteiger partial charge in [-0.2, -0.15) is 0 Å². The third kappa shape index (κ3) is 4.46. The van der Waals surface area contributed by atoms with Crippen molar-refractivity contribution in [2.75, 3.05) is 18.5 Å². The van der Waals surface area contributed by atoms with Crippen molar-refractivity contribution in [3.63, 3.8) is 0 Å². The number of anilines is 1. The summed E-state index contributed by atoms with van der Waals surface area (Å²) in [6, 6.07) is 7.32. The van der Waals surface area contributed by atoms with E-state index in [1.807, 2.05) is 19.1 Å². The molecule has 3 aromatic rings. The first-order valence-corrected chi connectivity index (χ1v) is 11.9. The van der Waals surface area contributed by atoms with Gasteiger partial charge in [0.2, 0.25) is 0 Å². The second-order valence-corrected chi connectivity index (χ2v) is 9.65. The van der Waals surface area contributed by atoms with Crippen molar-refractivity contribution in [2.45, 2.75) is 32.4 Å². The molecule has 5 heterocycles. The van der Waals surface area contributed by atoms with E-state index in [2.05, 4.69) is 10.3 Å². The molecule has 8 nitrogen and oxygen atoms in total. The normalized spacial score (nSPS) is 19.8. The molecule has 1 unspecified atom stereocenters. The Kier molecular flexibility index (Phi) is 6.05. The zero-order chi connectivity index (χ0) is 22.9. The van der Waals surface area contributed by atoms with Crippen molar-refractivity contribution in [2.24, 2.45) is 0 Å². The summed E-state index contributed by atoms with van der Waals surface area (Å²) in [6.45, 7) is 3.39. The predicted octanol–water partition coefficient (Wildman–Crippen LogP) is 3.59. The van der Waals surface area contributed by atoms with Crippen LogP contribution in [0.3, 0.4) is 0 Å². The molecule has 2 fully saturated rings. The molecule has 2 aliphatic heterocycles. The summed E-state index contributed by atoms with van der Waals surface area (Å²) in [5.41, 5.74) is 1.46. The number of furan rings is 1. The Hall–Kier alpha value is -2.95. The molecule has 0 radical (unpaired) electrons. The number of fused-ring (bicyclic) bond motifs is 1. The predicted molar refractivity (Wildman–Crippen MR) is 131 cm³/mol. The lowest BCUT2D eigenvalue weighted by Crippen LogP contribution is -2.35. The van der Waals surface area contributed by atoms with E-state index in [-0.39, 0.29) is 17.6 Å². The quantitative estimate of drug-likeness (QED) is 0.421. The largest absolute Gasteiger partial charge is 0.467 e. The van der Waals surface area contributed by atoms with E-state index in [4.69, 9.17) is 21.4 Å². The fraction of sp³-hybridized carbons (Fsp3) is 0.304. The maximum Gasteiger partial charge on any atom is 0.267 e. The Balaban J connectivity index is 1.52. The topological polar surface area (TPSA) is 89.1 Å². The van der Waals surface area contributed by atoms with Crippen LogP contribution < -0.4 is 10.9 Å². The van der Waals surface area contributed by atoms with Crippen molar-refractivity contribution >= 4 is 51.7 Å². The van der Waals surface area contributed by atoms with Crippen LogP contribution in [0.15, 0.2) is 50.8 Å². The highest BCUT2D eigenvalue weighted by atomic mass is 32.2. The van der Waals surface area contributed by atoms with Crippen LogP contribution in [-0.4, -0.2) is 43.8 Å². The molecule has 5 rings (SSSR count).